The van der Waals surface area contributed by atoms with Gasteiger partial charge in [0.25, 0.3) is 5.91 Å². The van der Waals surface area contributed by atoms with Gasteiger partial charge in [-0.1, -0.05) is 36.4 Å². The Morgan fingerprint density at radius 3 is 2.48 bits per heavy atom. The number of ether oxygens (including phenoxy) is 1. The number of nitrogens with zero attached hydrogens (tertiary/aromatic N) is 3. The minimum absolute atomic E-state index is 0.0300. The summed E-state index contributed by atoms with van der Waals surface area (Å²) >= 11 is 1.45. The van der Waals surface area contributed by atoms with Crippen LogP contribution in [0.3, 0.4) is 0 Å². The lowest BCUT2D eigenvalue weighted by Gasteiger charge is -2.34. The molecule has 2 atom stereocenters. The van der Waals surface area contributed by atoms with E-state index in [0.717, 1.165) is 30.0 Å². The fourth-order valence-corrected chi connectivity index (χ4v) is 5.93. The first-order valence-electron chi connectivity index (χ1n) is 9.91. The molecule has 0 N–H and O–H groups in total. The van der Waals surface area contributed by atoms with Crippen molar-refractivity contribution in [3.8, 4) is 0 Å². The third-order valence-electron chi connectivity index (χ3n) is 5.78. The van der Waals surface area contributed by atoms with Crippen molar-refractivity contribution >= 4 is 35.0 Å². The van der Waals surface area contributed by atoms with E-state index in [9.17, 15) is 9.59 Å². The van der Waals surface area contributed by atoms with E-state index in [1.54, 1.807) is 4.90 Å². The Morgan fingerprint density at radius 2 is 1.72 bits per heavy atom. The van der Waals surface area contributed by atoms with Gasteiger partial charge in [-0.2, -0.15) is 0 Å². The summed E-state index contributed by atoms with van der Waals surface area (Å²) in [4.78, 5) is 31.9. The second kappa shape index (κ2) is 7.16. The van der Waals surface area contributed by atoms with Gasteiger partial charge in [0.05, 0.1) is 30.8 Å². The fraction of sp³-hybridized carbons (Fsp3) is 0.364. The van der Waals surface area contributed by atoms with E-state index in [0.29, 0.717) is 19.9 Å². The number of morpholine rings is 1. The predicted molar refractivity (Wildman–Crippen MR) is 114 cm³/mol. The molecule has 3 aliphatic heterocycles. The summed E-state index contributed by atoms with van der Waals surface area (Å²) < 4.78 is 5.45. The molecular weight excluding hydrogens is 386 g/mol. The standard InChI is InChI=1S/C22H23N3O3S/c1-16-20(26)25(17-7-3-2-4-8-17)22(29-16)18-9-5-6-10-19(18)24(21(22)27)15-23-11-13-28-14-12-23/h2-10,16H,11-15H2,1H3/t16-,22+/m1/s1. The second-order valence-corrected chi connectivity index (χ2v) is 9.07. The first kappa shape index (κ1) is 18.7. The van der Waals surface area contributed by atoms with Crippen LogP contribution >= 0.6 is 11.8 Å². The highest BCUT2D eigenvalue weighted by Gasteiger charge is 2.63. The molecule has 2 amide bonds. The van der Waals surface area contributed by atoms with Crippen LogP contribution in [0.25, 0.3) is 0 Å². The second-order valence-electron chi connectivity index (χ2n) is 7.54. The lowest BCUT2D eigenvalue weighted by Crippen LogP contribution is -2.52. The molecule has 1 spiro atoms. The van der Waals surface area contributed by atoms with E-state index in [1.165, 1.54) is 11.8 Å². The zero-order chi connectivity index (χ0) is 20.0. The highest BCUT2D eigenvalue weighted by atomic mass is 32.2. The summed E-state index contributed by atoms with van der Waals surface area (Å²) in [6.07, 6.45) is 0. The minimum Gasteiger partial charge on any atom is -0.379 e. The minimum atomic E-state index is -1.05. The topological polar surface area (TPSA) is 53.1 Å². The molecule has 0 unspecified atom stereocenters. The van der Waals surface area contributed by atoms with Crippen molar-refractivity contribution in [2.24, 2.45) is 0 Å². The molecule has 3 heterocycles. The molecule has 0 bridgehead atoms. The lowest BCUT2D eigenvalue weighted by molar-refractivity contribution is -0.124. The van der Waals surface area contributed by atoms with Crippen LogP contribution in [0.2, 0.25) is 0 Å². The van der Waals surface area contributed by atoms with E-state index in [2.05, 4.69) is 4.90 Å². The van der Waals surface area contributed by atoms with Gasteiger partial charge in [0.1, 0.15) is 0 Å². The lowest BCUT2D eigenvalue weighted by atomic mass is 10.0. The molecule has 5 rings (SSSR count). The van der Waals surface area contributed by atoms with Crippen LogP contribution in [0.5, 0.6) is 0 Å². The van der Waals surface area contributed by atoms with Gasteiger partial charge in [0.15, 0.2) is 0 Å². The maximum absolute atomic E-state index is 14.0. The molecule has 150 valence electrons. The fourth-order valence-electron chi connectivity index (χ4n) is 4.40. The summed E-state index contributed by atoms with van der Waals surface area (Å²) in [5.41, 5.74) is 2.54. The number of anilines is 2. The van der Waals surface area contributed by atoms with Crippen molar-refractivity contribution in [2.75, 3.05) is 42.8 Å². The predicted octanol–water partition coefficient (Wildman–Crippen LogP) is 2.64. The normalized spacial score (nSPS) is 27.1. The number of amides is 2. The van der Waals surface area contributed by atoms with Gasteiger partial charge in [-0.25, -0.2) is 0 Å². The molecule has 29 heavy (non-hydrogen) atoms. The molecule has 2 saturated heterocycles. The first-order chi connectivity index (χ1) is 14.1. The van der Waals surface area contributed by atoms with Crippen LogP contribution in [0.1, 0.15) is 12.5 Å². The quantitative estimate of drug-likeness (QED) is 0.780. The average molecular weight is 410 g/mol. The Morgan fingerprint density at radius 1 is 1.03 bits per heavy atom. The van der Waals surface area contributed by atoms with Gasteiger partial charge in [0.2, 0.25) is 10.8 Å². The number of carbonyl (C=O) groups is 2. The van der Waals surface area contributed by atoms with Crippen molar-refractivity contribution in [2.45, 2.75) is 17.0 Å². The van der Waals surface area contributed by atoms with E-state index in [1.807, 2.05) is 66.4 Å². The highest BCUT2D eigenvalue weighted by Crippen LogP contribution is 2.57. The molecule has 0 aliphatic carbocycles. The highest BCUT2D eigenvalue weighted by molar-refractivity contribution is 8.03. The maximum atomic E-state index is 14.0. The third kappa shape index (κ3) is 2.79. The Kier molecular flexibility index (Phi) is 4.61. The maximum Gasteiger partial charge on any atom is 0.269 e. The Labute approximate surface area is 174 Å². The molecule has 6 nitrogen and oxygen atoms in total. The van der Waals surface area contributed by atoms with E-state index < -0.39 is 4.87 Å². The monoisotopic (exact) mass is 409 g/mol. The molecular formula is C22H23N3O3S. The van der Waals surface area contributed by atoms with Crippen LogP contribution in [0, 0.1) is 0 Å². The van der Waals surface area contributed by atoms with Gasteiger partial charge in [-0.05, 0) is 25.1 Å². The largest absolute Gasteiger partial charge is 0.379 e. The number of thioether (sulfide) groups is 1. The summed E-state index contributed by atoms with van der Waals surface area (Å²) in [5, 5.41) is -0.296. The molecule has 2 aromatic rings. The number of para-hydroxylation sites is 2. The molecule has 7 heteroatoms. The smallest absolute Gasteiger partial charge is 0.269 e. The van der Waals surface area contributed by atoms with Gasteiger partial charge in [-0.15, -0.1) is 11.8 Å². The Bertz CT molecular complexity index is 947. The number of carbonyl (C=O) groups excluding carboxylic acids is 2. The van der Waals surface area contributed by atoms with E-state index in [-0.39, 0.29) is 17.1 Å². The number of hydrogen-bond donors (Lipinski definition) is 0. The summed E-state index contributed by atoms with van der Waals surface area (Å²) in [7, 11) is 0. The Balaban J connectivity index is 1.62. The number of fused-ring (bicyclic) bond motifs is 2. The number of benzene rings is 2. The van der Waals surface area contributed by atoms with Gasteiger partial charge >= 0.3 is 0 Å². The van der Waals surface area contributed by atoms with Crippen LogP contribution in [-0.2, 0) is 19.2 Å². The van der Waals surface area contributed by atoms with Crippen molar-refractivity contribution in [3.05, 3.63) is 60.2 Å². The van der Waals surface area contributed by atoms with Gasteiger partial charge in [0, 0.05) is 24.3 Å². The molecule has 0 radical (unpaired) electrons. The molecule has 2 fully saturated rings. The first-order valence-corrected chi connectivity index (χ1v) is 10.8. The zero-order valence-corrected chi connectivity index (χ0v) is 17.1. The summed E-state index contributed by atoms with van der Waals surface area (Å²) in [6.45, 7) is 5.34. The van der Waals surface area contributed by atoms with Crippen LogP contribution in [0.4, 0.5) is 11.4 Å². The Hall–Kier alpha value is -2.35. The van der Waals surface area contributed by atoms with Crippen LogP contribution in [0.15, 0.2) is 54.6 Å². The van der Waals surface area contributed by atoms with Crippen molar-refractivity contribution in [1.82, 2.24) is 4.90 Å². The van der Waals surface area contributed by atoms with Crippen molar-refractivity contribution < 1.29 is 14.3 Å². The van der Waals surface area contributed by atoms with Gasteiger partial charge in [-0.3, -0.25) is 24.3 Å². The van der Waals surface area contributed by atoms with E-state index >= 15 is 0 Å². The summed E-state index contributed by atoms with van der Waals surface area (Å²) in [6, 6.07) is 17.4. The molecule has 3 aliphatic rings. The number of hydrogen-bond acceptors (Lipinski definition) is 5. The van der Waals surface area contributed by atoms with Crippen molar-refractivity contribution in [3.63, 3.8) is 0 Å². The van der Waals surface area contributed by atoms with Crippen molar-refractivity contribution in [1.29, 1.82) is 0 Å². The number of rotatable bonds is 3. The summed E-state index contributed by atoms with van der Waals surface area (Å²) in [5.74, 6) is -0.0747. The third-order valence-corrected chi connectivity index (χ3v) is 7.26. The molecule has 0 saturated carbocycles. The molecule has 2 aromatic carbocycles. The van der Waals surface area contributed by atoms with Crippen LogP contribution < -0.4 is 9.80 Å². The zero-order valence-electron chi connectivity index (χ0n) is 16.3. The average Bonchev–Trinajstić information content (AvgIpc) is 3.16. The van der Waals surface area contributed by atoms with Gasteiger partial charge < -0.3 is 4.74 Å². The SMILES string of the molecule is C[C@H]1S[C@@]2(C(=O)N(CN3CCOCC3)c3ccccc32)N(c2ccccc2)C1=O. The molecule has 0 aromatic heterocycles. The van der Waals surface area contributed by atoms with E-state index in [4.69, 9.17) is 4.74 Å². The van der Waals surface area contributed by atoms with Crippen LogP contribution in [-0.4, -0.2) is 54.9 Å².